The highest BCUT2D eigenvalue weighted by molar-refractivity contribution is 6.54. The van der Waals surface area contributed by atoms with E-state index in [1.165, 1.54) is 25.3 Å². The number of imidazole rings is 1. The van der Waals surface area contributed by atoms with Crippen LogP contribution in [-0.2, 0) is 15.9 Å². The van der Waals surface area contributed by atoms with Crippen LogP contribution in [0.15, 0.2) is 24.2 Å². The van der Waals surface area contributed by atoms with Crippen LogP contribution in [0, 0.1) is 5.92 Å². The lowest BCUT2D eigenvalue weighted by Crippen LogP contribution is -2.41. The van der Waals surface area contributed by atoms with Gasteiger partial charge in [0.25, 0.3) is 0 Å². The minimum Gasteiger partial charge on any atom is -0.398 e. The molecule has 2 fully saturated rings. The molecule has 25 heavy (non-hydrogen) atoms. The third-order valence-electron chi connectivity index (χ3n) is 5.86. The lowest BCUT2D eigenvalue weighted by Gasteiger charge is -2.32. The highest BCUT2D eigenvalue weighted by Gasteiger charge is 2.53. The van der Waals surface area contributed by atoms with E-state index in [0.29, 0.717) is 5.69 Å². The van der Waals surface area contributed by atoms with Gasteiger partial charge in [-0.05, 0) is 52.5 Å². The van der Waals surface area contributed by atoms with E-state index in [1.807, 2.05) is 46.2 Å². The van der Waals surface area contributed by atoms with E-state index >= 15 is 0 Å². The first kappa shape index (κ1) is 16.9. The molecule has 0 aromatic carbocycles. The van der Waals surface area contributed by atoms with Crippen molar-refractivity contribution < 1.29 is 13.7 Å². The molecule has 0 atom stereocenters. The van der Waals surface area contributed by atoms with Crippen molar-refractivity contribution >= 4 is 18.8 Å². The SMILES string of the molecule is CC1(C)OB(C(F)=Cc2cc3n(CC4CCC4)ccn3n2)OC1(C)C. The summed E-state index contributed by atoms with van der Waals surface area (Å²) in [5.74, 6) is 0.756. The monoisotopic (exact) mass is 345 g/mol. The number of nitrogens with zero attached hydrogens (tertiary/aromatic N) is 3. The molecule has 7 heteroatoms. The molecule has 0 amide bonds. The molecule has 1 aliphatic carbocycles. The second-order valence-corrected chi connectivity index (χ2v) is 8.24. The fraction of sp³-hybridized carbons (Fsp3) is 0.611. The molecule has 1 saturated carbocycles. The van der Waals surface area contributed by atoms with Gasteiger partial charge in [-0.3, -0.25) is 0 Å². The van der Waals surface area contributed by atoms with E-state index < -0.39 is 24.0 Å². The summed E-state index contributed by atoms with van der Waals surface area (Å²) in [6, 6.07) is 1.91. The lowest BCUT2D eigenvalue weighted by atomic mass is 9.85. The average molecular weight is 345 g/mol. The van der Waals surface area contributed by atoms with E-state index in [0.717, 1.165) is 18.1 Å². The van der Waals surface area contributed by atoms with Gasteiger partial charge in [0.15, 0.2) is 0 Å². The summed E-state index contributed by atoms with van der Waals surface area (Å²) in [5.41, 5.74) is -0.00243. The number of aromatic nitrogens is 3. The Morgan fingerprint density at radius 1 is 1.28 bits per heavy atom. The van der Waals surface area contributed by atoms with Crippen LogP contribution < -0.4 is 0 Å². The summed E-state index contributed by atoms with van der Waals surface area (Å²) < 4.78 is 30.1. The molecule has 134 valence electrons. The molecule has 0 spiro atoms. The second-order valence-electron chi connectivity index (χ2n) is 8.24. The van der Waals surface area contributed by atoms with Gasteiger partial charge in [-0.2, -0.15) is 5.10 Å². The summed E-state index contributed by atoms with van der Waals surface area (Å²) in [6.45, 7) is 8.65. The van der Waals surface area contributed by atoms with Crippen molar-refractivity contribution in [3.05, 3.63) is 29.9 Å². The van der Waals surface area contributed by atoms with Crippen LogP contribution >= 0.6 is 0 Å². The molecule has 2 aromatic heterocycles. The van der Waals surface area contributed by atoms with E-state index in [-0.39, 0.29) is 0 Å². The first-order valence-corrected chi connectivity index (χ1v) is 9.02. The zero-order valence-corrected chi connectivity index (χ0v) is 15.3. The van der Waals surface area contributed by atoms with Gasteiger partial charge in [0.05, 0.1) is 16.9 Å². The Bertz CT molecular complexity index is 804. The Labute approximate surface area is 147 Å². The first-order chi connectivity index (χ1) is 11.7. The molecule has 1 saturated heterocycles. The summed E-state index contributed by atoms with van der Waals surface area (Å²) >= 11 is 0. The maximum Gasteiger partial charge on any atom is 0.525 e. The van der Waals surface area contributed by atoms with Gasteiger partial charge in [0.2, 0.25) is 0 Å². The highest BCUT2D eigenvalue weighted by atomic mass is 19.1. The molecule has 0 unspecified atom stereocenters. The van der Waals surface area contributed by atoms with E-state index in [4.69, 9.17) is 9.31 Å². The van der Waals surface area contributed by atoms with Crippen LogP contribution in [0.2, 0.25) is 0 Å². The summed E-state index contributed by atoms with van der Waals surface area (Å²) in [6.07, 6.45) is 9.28. The lowest BCUT2D eigenvalue weighted by molar-refractivity contribution is 0.00578. The minimum atomic E-state index is -0.983. The standard InChI is InChI=1S/C18H25BFN3O2/c1-17(2)18(3,4)25-19(24-17)15(20)10-14-11-16-22(8-9-23(16)21-14)12-13-6-5-7-13/h8-11,13H,5-7,12H2,1-4H3. The summed E-state index contributed by atoms with van der Waals surface area (Å²) in [5, 5.41) is 4.44. The predicted octanol–water partition coefficient (Wildman–Crippen LogP) is 3.88. The van der Waals surface area contributed by atoms with Gasteiger partial charge < -0.3 is 13.9 Å². The highest BCUT2D eigenvalue weighted by Crippen LogP contribution is 2.39. The van der Waals surface area contributed by atoms with Crippen molar-refractivity contribution in [1.82, 2.24) is 14.2 Å². The number of hydrogen-bond acceptors (Lipinski definition) is 3. The Morgan fingerprint density at radius 3 is 2.56 bits per heavy atom. The molecule has 0 N–H and O–H groups in total. The Hall–Kier alpha value is -1.60. The quantitative estimate of drug-likeness (QED) is 0.790. The zero-order chi connectivity index (χ0) is 17.8. The molecule has 1 aliphatic heterocycles. The molecule has 0 bridgehead atoms. The smallest absolute Gasteiger partial charge is 0.398 e. The van der Waals surface area contributed by atoms with E-state index in [9.17, 15) is 4.39 Å². The number of hydrogen-bond donors (Lipinski definition) is 0. The molecule has 4 rings (SSSR count). The fourth-order valence-electron chi connectivity index (χ4n) is 3.29. The minimum absolute atomic E-state index is 0.454. The van der Waals surface area contributed by atoms with Crippen LogP contribution in [-0.4, -0.2) is 32.5 Å². The molecule has 2 aromatic rings. The van der Waals surface area contributed by atoms with Crippen LogP contribution in [0.5, 0.6) is 0 Å². The van der Waals surface area contributed by atoms with Gasteiger partial charge in [0.1, 0.15) is 11.4 Å². The van der Waals surface area contributed by atoms with Crippen LogP contribution in [0.1, 0.15) is 52.7 Å². The molecule has 2 aliphatic rings. The first-order valence-electron chi connectivity index (χ1n) is 9.02. The van der Waals surface area contributed by atoms with Crippen LogP contribution in [0.25, 0.3) is 11.7 Å². The molecule has 5 nitrogen and oxygen atoms in total. The van der Waals surface area contributed by atoms with Crippen molar-refractivity contribution in [3.8, 4) is 0 Å². The van der Waals surface area contributed by atoms with Crippen LogP contribution in [0.4, 0.5) is 4.39 Å². The maximum atomic E-state index is 14.6. The predicted molar refractivity (Wildman–Crippen MR) is 95.7 cm³/mol. The van der Waals surface area contributed by atoms with E-state index in [1.54, 1.807) is 4.52 Å². The normalized spacial score (nSPS) is 23.4. The van der Waals surface area contributed by atoms with Gasteiger partial charge in [-0.1, -0.05) is 6.42 Å². The Morgan fingerprint density at radius 2 is 1.96 bits per heavy atom. The molecule has 3 heterocycles. The van der Waals surface area contributed by atoms with Gasteiger partial charge in [-0.25, -0.2) is 8.91 Å². The zero-order valence-electron chi connectivity index (χ0n) is 15.3. The van der Waals surface area contributed by atoms with Gasteiger partial charge in [-0.15, -0.1) is 0 Å². The fourth-order valence-corrected chi connectivity index (χ4v) is 3.29. The van der Waals surface area contributed by atoms with Crippen molar-refractivity contribution in [1.29, 1.82) is 0 Å². The Kier molecular flexibility index (Phi) is 3.85. The van der Waals surface area contributed by atoms with E-state index in [2.05, 4.69) is 9.67 Å². The average Bonchev–Trinajstić information content (AvgIpc) is 3.07. The topological polar surface area (TPSA) is 40.7 Å². The summed E-state index contributed by atoms with van der Waals surface area (Å²) in [4.78, 5) is 0. The van der Waals surface area contributed by atoms with Crippen LogP contribution in [0.3, 0.4) is 0 Å². The third-order valence-corrected chi connectivity index (χ3v) is 5.86. The van der Waals surface area contributed by atoms with Crippen molar-refractivity contribution in [3.63, 3.8) is 0 Å². The molecular formula is C18H25BFN3O2. The number of rotatable bonds is 4. The molecular weight excluding hydrogens is 320 g/mol. The maximum absolute atomic E-state index is 14.6. The second kappa shape index (κ2) is 5.71. The number of fused-ring (bicyclic) bond motifs is 1. The van der Waals surface area contributed by atoms with Crippen molar-refractivity contribution in [2.45, 2.75) is 64.7 Å². The third kappa shape index (κ3) is 2.93. The number of halogens is 1. The van der Waals surface area contributed by atoms with Crippen molar-refractivity contribution in [2.24, 2.45) is 5.92 Å². The van der Waals surface area contributed by atoms with Crippen molar-refractivity contribution in [2.75, 3.05) is 0 Å². The Balaban J connectivity index is 1.54. The largest absolute Gasteiger partial charge is 0.525 e. The molecule has 0 radical (unpaired) electrons. The van der Waals surface area contributed by atoms with Gasteiger partial charge in [0, 0.05) is 25.0 Å². The van der Waals surface area contributed by atoms with Gasteiger partial charge >= 0.3 is 7.12 Å². The summed E-state index contributed by atoms with van der Waals surface area (Å²) in [7, 11) is -0.983.